The summed E-state index contributed by atoms with van der Waals surface area (Å²) in [4.78, 5) is 22.5. The second-order valence-electron chi connectivity index (χ2n) is 6.97. The van der Waals surface area contributed by atoms with Crippen molar-refractivity contribution in [2.75, 3.05) is 72.1 Å². The molecular formula is C19H37N5O4. The topological polar surface area (TPSA) is 115 Å². The van der Waals surface area contributed by atoms with Crippen molar-refractivity contribution in [3.05, 3.63) is 23.7 Å². The average molecular weight is 400 g/mol. The smallest absolute Gasteiger partial charge is 0.248 e. The molecule has 0 aromatic heterocycles. The van der Waals surface area contributed by atoms with Gasteiger partial charge in [-0.3, -0.25) is 19.4 Å². The molecule has 0 saturated carbocycles. The number of nitrogens with two attached hydrogens (primary N) is 1. The Morgan fingerprint density at radius 1 is 0.964 bits per heavy atom. The largest absolute Gasteiger partial charge is 0.511 e. The number of carbonyl (C=O) groups excluding carboxylic acids is 1. The van der Waals surface area contributed by atoms with E-state index in [2.05, 4.69) is 24.9 Å². The summed E-state index contributed by atoms with van der Waals surface area (Å²) in [5.74, 6) is 5.42. The Balaban J connectivity index is 2.60. The van der Waals surface area contributed by atoms with Gasteiger partial charge in [0.15, 0.2) is 0 Å². The molecule has 1 aliphatic heterocycles. The highest BCUT2D eigenvalue weighted by Gasteiger charge is 2.17. The number of hydrogen-bond acceptors (Lipinski definition) is 8. The van der Waals surface area contributed by atoms with Gasteiger partial charge in [-0.2, -0.15) is 0 Å². The van der Waals surface area contributed by atoms with E-state index in [4.69, 9.17) is 5.90 Å². The van der Waals surface area contributed by atoms with Crippen LogP contribution in [0.4, 0.5) is 0 Å². The second kappa shape index (κ2) is 14.4. The third kappa shape index (κ3) is 10.6. The molecule has 0 atom stereocenters. The molecule has 5 N–H and O–H groups in total. The lowest BCUT2D eigenvalue weighted by Gasteiger charge is -2.25. The molecule has 9 heteroatoms. The highest BCUT2D eigenvalue weighted by molar-refractivity contribution is 5.77. The van der Waals surface area contributed by atoms with E-state index in [-0.39, 0.29) is 12.5 Å². The second-order valence-corrected chi connectivity index (χ2v) is 6.97. The van der Waals surface area contributed by atoms with E-state index in [1.807, 2.05) is 13.8 Å². The van der Waals surface area contributed by atoms with E-state index in [1.165, 1.54) is 0 Å². The maximum Gasteiger partial charge on any atom is 0.248 e. The minimum Gasteiger partial charge on any atom is -0.511 e. The molecule has 1 saturated heterocycles. The summed E-state index contributed by atoms with van der Waals surface area (Å²) in [5, 5.41) is 22.6. The Morgan fingerprint density at radius 2 is 1.43 bits per heavy atom. The van der Waals surface area contributed by atoms with Crippen molar-refractivity contribution in [2.45, 2.75) is 20.3 Å². The van der Waals surface area contributed by atoms with E-state index in [9.17, 15) is 15.0 Å². The lowest BCUT2D eigenvalue weighted by molar-refractivity contribution is -0.125. The van der Waals surface area contributed by atoms with Gasteiger partial charge in [-0.15, -0.1) is 0 Å². The highest BCUT2D eigenvalue weighted by atomic mass is 16.6. The Bertz CT molecular complexity index is 481. The Kier molecular flexibility index (Phi) is 12.5. The number of rotatable bonds is 10. The summed E-state index contributed by atoms with van der Waals surface area (Å²) in [6, 6.07) is 0. The molecule has 1 rings (SSSR count). The predicted molar refractivity (Wildman–Crippen MR) is 110 cm³/mol. The molecule has 1 amide bonds. The zero-order valence-electron chi connectivity index (χ0n) is 17.3. The number of allylic oxidation sites excluding steroid dienone is 2. The monoisotopic (exact) mass is 399 g/mol. The van der Waals surface area contributed by atoms with E-state index >= 15 is 0 Å². The quantitative estimate of drug-likeness (QED) is 0.234. The number of carbonyl (C=O) groups is 1. The molecular weight excluding hydrogens is 362 g/mol. The summed E-state index contributed by atoms with van der Waals surface area (Å²) in [7, 11) is 0. The van der Waals surface area contributed by atoms with Gasteiger partial charge in [0.05, 0.1) is 13.1 Å². The van der Waals surface area contributed by atoms with E-state index in [0.29, 0.717) is 31.2 Å². The molecule has 0 aromatic rings. The van der Waals surface area contributed by atoms with Crippen molar-refractivity contribution in [2.24, 2.45) is 5.90 Å². The van der Waals surface area contributed by atoms with Crippen molar-refractivity contribution in [1.82, 2.24) is 20.0 Å². The molecule has 0 aliphatic carbocycles. The fraction of sp³-hybridized carbons (Fsp3) is 0.737. The molecule has 0 spiro atoms. The Labute approximate surface area is 168 Å². The Morgan fingerprint density at radius 3 is 1.86 bits per heavy atom. The van der Waals surface area contributed by atoms with E-state index in [1.54, 1.807) is 12.2 Å². The zero-order valence-corrected chi connectivity index (χ0v) is 17.3. The minimum atomic E-state index is -0.215. The number of amides is 1. The molecule has 28 heavy (non-hydrogen) atoms. The minimum absolute atomic E-state index is 0.128. The van der Waals surface area contributed by atoms with Gasteiger partial charge in [-0.05, 0) is 39.0 Å². The van der Waals surface area contributed by atoms with Crippen molar-refractivity contribution in [1.29, 1.82) is 0 Å². The van der Waals surface area contributed by atoms with Crippen LogP contribution in [0.2, 0.25) is 0 Å². The van der Waals surface area contributed by atoms with Crippen molar-refractivity contribution in [3.63, 3.8) is 0 Å². The first-order valence-corrected chi connectivity index (χ1v) is 9.92. The van der Waals surface area contributed by atoms with Gasteiger partial charge in [0.2, 0.25) is 5.91 Å². The van der Waals surface area contributed by atoms with Gasteiger partial charge in [0.1, 0.15) is 18.1 Å². The molecule has 0 aromatic carbocycles. The number of hydrogen-bond donors (Lipinski definition) is 4. The van der Waals surface area contributed by atoms with Crippen LogP contribution in [0.5, 0.6) is 0 Å². The molecule has 0 radical (unpaired) electrons. The van der Waals surface area contributed by atoms with Crippen LogP contribution in [0, 0.1) is 0 Å². The molecule has 1 heterocycles. The number of nitrogens with zero attached hydrogens (tertiary/aromatic N) is 3. The van der Waals surface area contributed by atoms with Gasteiger partial charge < -0.3 is 20.4 Å². The zero-order chi connectivity index (χ0) is 20.8. The van der Waals surface area contributed by atoms with Crippen LogP contribution in [0.25, 0.3) is 0 Å². The number of nitrogens with one attached hydrogen (secondary N) is 1. The van der Waals surface area contributed by atoms with Crippen molar-refractivity contribution >= 4 is 5.91 Å². The first-order chi connectivity index (χ1) is 13.5. The molecule has 162 valence electrons. The van der Waals surface area contributed by atoms with Gasteiger partial charge in [-0.25, -0.2) is 5.90 Å². The van der Waals surface area contributed by atoms with Gasteiger partial charge >= 0.3 is 0 Å². The molecule has 1 fully saturated rings. The van der Waals surface area contributed by atoms with Crippen LogP contribution in [0.15, 0.2) is 23.7 Å². The van der Waals surface area contributed by atoms with Crippen LogP contribution in [-0.4, -0.2) is 103 Å². The molecule has 9 nitrogen and oxygen atoms in total. The standard InChI is InChI=1S/C19H37N5O4/c1-3-17(25)14-23-10-8-22(7-5-6-21-19(27)16-28-20)9-11-24(13-12-23)15-18(26)4-2/h3-4,25-26H,5-16,20H2,1-2H3,(H,21,27). The number of aliphatic hydroxyl groups excluding tert-OH is 2. The van der Waals surface area contributed by atoms with Crippen LogP contribution >= 0.6 is 0 Å². The lowest BCUT2D eigenvalue weighted by atomic mass is 10.3. The molecule has 1 aliphatic rings. The third-order valence-electron chi connectivity index (χ3n) is 4.82. The predicted octanol–water partition coefficient (Wildman–Crippen LogP) is 0.226. The summed E-state index contributed by atoms with van der Waals surface area (Å²) >= 11 is 0. The van der Waals surface area contributed by atoms with Gasteiger partial charge in [-0.1, -0.05) is 0 Å². The SMILES string of the molecule is CC=C(O)CN1CCN(CCCNC(=O)CON)CCN(CC(O)=CC)CC1. The summed E-state index contributed by atoms with van der Waals surface area (Å²) < 4.78 is 0. The number of aliphatic hydroxyl groups is 2. The lowest BCUT2D eigenvalue weighted by Crippen LogP contribution is -2.38. The maximum absolute atomic E-state index is 11.4. The van der Waals surface area contributed by atoms with Crippen LogP contribution in [0.1, 0.15) is 20.3 Å². The first kappa shape index (κ1) is 24.4. The highest BCUT2D eigenvalue weighted by Crippen LogP contribution is 2.05. The van der Waals surface area contributed by atoms with Crippen LogP contribution < -0.4 is 11.2 Å². The average Bonchev–Trinajstić information content (AvgIpc) is 2.77. The third-order valence-corrected chi connectivity index (χ3v) is 4.82. The fourth-order valence-corrected chi connectivity index (χ4v) is 3.02. The molecule has 0 unspecified atom stereocenters. The fourth-order valence-electron chi connectivity index (χ4n) is 3.02. The summed E-state index contributed by atoms with van der Waals surface area (Å²) in [6.07, 6.45) is 4.28. The Hall–Kier alpha value is -1.65. The van der Waals surface area contributed by atoms with E-state index in [0.717, 1.165) is 52.2 Å². The summed E-state index contributed by atoms with van der Waals surface area (Å²) in [6.45, 7) is 11.2. The van der Waals surface area contributed by atoms with Crippen molar-refractivity contribution < 1.29 is 19.8 Å². The van der Waals surface area contributed by atoms with Crippen molar-refractivity contribution in [3.8, 4) is 0 Å². The van der Waals surface area contributed by atoms with Gasteiger partial charge in [0, 0.05) is 45.8 Å². The van der Waals surface area contributed by atoms with E-state index < -0.39 is 0 Å². The van der Waals surface area contributed by atoms with Gasteiger partial charge in [0.25, 0.3) is 0 Å². The maximum atomic E-state index is 11.4. The normalized spacial score (nSPS) is 19.1. The summed E-state index contributed by atoms with van der Waals surface area (Å²) in [5.41, 5.74) is 0. The first-order valence-electron chi connectivity index (χ1n) is 9.92. The van der Waals surface area contributed by atoms with Crippen LogP contribution in [-0.2, 0) is 9.63 Å². The van der Waals surface area contributed by atoms with Crippen LogP contribution in [0.3, 0.4) is 0 Å². The molecule has 0 bridgehead atoms.